The van der Waals surface area contributed by atoms with E-state index in [-0.39, 0.29) is 23.0 Å². The molecule has 1 heterocycles. The standard InChI is InChI=1S/C23H30N2O5S/c1-17-5-9-21(10-6-17)29-14-13-24(4)23(26)20-7-11-22(12-8-20)31(27,28)25-15-18(2)30-19(3)16-25/h5-12,18-19H,13-16H2,1-4H3. The van der Waals surface area contributed by atoms with Crippen molar-refractivity contribution < 1.29 is 22.7 Å². The molecule has 1 aliphatic rings. The summed E-state index contributed by atoms with van der Waals surface area (Å²) >= 11 is 0. The van der Waals surface area contributed by atoms with Crippen molar-refractivity contribution in [2.45, 2.75) is 37.9 Å². The number of rotatable bonds is 7. The Morgan fingerprint density at radius 1 is 1.06 bits per heavy atom. The largest absolute Gasteiger partial charge is 0.492 e. The Morgan fingerprint density at radius 3 is 2.23 bits per heavy atom. The maximum atomic E-state index is 12.9. The molecule has 31 heavy (non-hydrogen) atoms. The number of benzene rings is 2. The van der Waals surface area contributed by atoms with Gasteiger partial charge in [-0.05, 0) is 57.2 Å². The predicted molar refractivity (Wildman–Crippen MR) is 119 cm³/mol. The first-order valence-electron chi connectivity index (χ1n) is 10.4. The molecule has 0 N–H and O–H groups in total. The third-order valence-electron chi connectivity index (χ3n) is 5.19. The van der Waals surface area contributed by atoms with Crippen LogP contribution in [0.15, 0.2) is 53.4 Å². The molecule has 0 radical (unpaired) electrons. The van der Waals surface area contributed by atoms with E-state index in [0.717, 1.165) is 11.3 Å². The molecule has 1 fully saturated rings. The van der Waals surface area contributed by atoms with Crippen LogP contribution in [0.1, 0.15) is 29.8 Å². The molecule has 0 bridgehead atoms. The molecule has 0 saturated carbocycles. The highest BCUT2D eigenvalue weighted by Gasteiger charge is 2.32. The van der Waals surface area contributed by atoms with Crippen LogP contribution in [0.5, 0.6) is 5.75 Å². The number of morpholine rings is 1. The lowest BCUT2D eigenvalue weighted by Crippen LogP contribution is -2.48. The van der Waals surface area contributed by atoms with Gasteiger partial charge in [-0.25, -0.2) is 8.42 Å². The number of likely N-dealkylation sites (N-methyl/N-ethyl adjacent to an activating group) is 1. The zero-order chi connectivity index (χ0) is 22.6. The molecule has 2 aromatic rings. The molecule has 7 nitrogen and oxygen atoms in total. The van der Waals surface area contributed by atoms with Crippen molar-refractivity contribution in [2.24, 2.45) is 0 Å². The second-order valence-electron chi connectivity index (χ2n) is 7.99. The van der Waals surface area contributed by atoms with Crippen LogP contribution in [0.2, 0.25) is 0 Å². The van der Waals surface area contributed by atoms with Gasteiger partial charge in [0.25, 0.3) is 5.91 Å². The second kappa shape index (κ2) is 9.80. The van der Waals surface area contributed by atoms with Gasteiger partial charge in [0.1, 0.15) is 12.4 Å². The Kier molecular flexibility index (Phi) is 7.35. The summed E-state index contributed by atoms with van der Waals surface area (Å²) < 4.78 is 38.6. The Balaban J connectivity index is 1.59. The summed E-state index contributed by atoms with van der Waals surface area (Å²) in [6, 6.07) is 13.8. The minimum absolute atomic E-state index is 0.157. The van der Waals surface area contributed by atoms with Gasteiger partial charge >= 0.3 is 0 Å². The summed E-state index contributed by atoms with van der Waals surface area (Å²) in [6.07, 6.45) is -0.315. The normalized spacial score (nSPS) is 19.7. The smallest absolute Gasteiger partial charge is 0.253 e. The second-order valence-corrected chi connectivity index (χ2v) is 9.93. The van der Waals surface area contributed by atoms with Crippen molar-refractivity contribution in [1.29, 1.82) is 0 Å². The fourth-order valence-electron chi connectivity index (χ4n) is 3.50. The van der Waals surface area contributed by atoms with E-state index >= 15 is 0 Å². The average Bonchev–Trinajstić information content (AvgIpc) is 2.74. The van der Waals surface area contributed by atoms with Crippen molar-refractivity contribution >= 4 is 15.9 Å². The van der Waals surface area contributed by atoms with Gasteiger partial charge in [0, 0.05) is 25.7 Å². The monoisotopic (exact) mass is 446 g/mol. The van der Waals surface area contributed by atoms with Crippen molar-refractivity contribution in [1.82, 2.24) is 9.21 Å². The molecule has 0 spiro atoms. The van der Waals surface area contributed by atoms with E-state index in [0.29, 0.717) is 31.8 Å². The van der Waals surface area contributed by atoms with Crippen molar-refractivity contribution in [3.8, 4) is 5.75 Å². The maximum Gasteiger partial charge on any atom is 0.253 e. The first-order valence-corrected chi connectivity index (χ1v) is 11.8. The third-order valence-corrected chi connectivity index (χ3v) is 7.03. The summed E-state index contributed by atoms with van der Waals surface area (Å²) in [7, 11) is -1.93. The Hall–Kier alpha value is -2.42. The van der Waals surface area contributed by atoms with Gasteiger partial charge in [0.2, 0.25) is 10.0 Å². The molecule has 8 heteroatoms. The number of aryl methyl sites for hydroxylation is 1. The molecule has 0 aromatic heterocycles. The zero-order valence-corrected chi connectivity index (χ0v) is 19.3. The molecule has 0 aliphatic carbocycles. The highest BCUT2D eigenvalue weighted by Crippen LogP contribution is 2.22. The fourth-order valence-corrected chi connectivity index (χ4v) is 5.09. The summed E-state index contributed by atoms with van der Waals surface area (Å²) in [5.74, 6) is 0.567. The number of amides is 1. The van der Waals surface area contributed by atoms with Gasteiger partial charge in [-0.15, -0.1) is 0 Å². The van der Waals surface area contributed by atoms with Gasteiger partial charge < -0.3 is 14.4 Å². The van der Waals surface area contributed by atoms with Crippen molar-refractivity contribution in [3.63, 3.8) is 0 Å². The molecule has 168 valence electrons. The van der Waals surface area contributed by atoms with Crippen LogP contribution in [-0.2, 0) is 14.8 Å². The molecule has 1 aliphatic heterocycles. The van der Waals surface area contributed by atoms with E-state index in [1.165, 1.54) is 16.4 Å². The van der Waals surface area contributed by atoms with E-state index in [2.05, 4.69) is 0 Å². The van der Waals surface area contributed by atoms with Crippen LogP contribution in [0.4, 0.5) is 0 Å². The van der Waals surface area contributed by atoms with Gasteiger partial charge in [-0.2, -0.15) is 4.31 Å². The van der Waals surface area contributed by atoms with Gasteiger partial charge in [0.15, 0.2) is 0 Å². The van der Waals surface area contributed by atoms with Gasteiger partial charge in [-0.1, -0.05) is 17.7 Å². The third kappa shape index (κ3) is 5.84. The maximum absolute atomic E-state index is 12.9. The van der Waals surface area contributed by atoms with Crippen molar-refractivity contribution in [2.75, 3.05) is 33.3 Å². The lowest BCUT2D eigenvalue weighted by atomic mass is 10.2. The van der Waals surface area contributed by atoms with E-state index in [4.69, 9.17) is 9.47 Å². The molecule has 2 atom stereocenters. The quantitative estimate of drug-likeness (QED) is 0.654. The van der Waals surface area contributed by atoms with E-state index in [9.17, 15) is 13.2 Å². The first-order chi connectivity index (χ1) is 14.7. The molecule has 1 amide bonds. The number of nitrogens with zero attached hydrogens (tertiary/aromatic N) is 2. The highest BCUT2D eigenvalue weighted by molar-refractivity contribution is 7.89. The molecule has 2 unspecified atom stereocenters. The summed E-state index contributed by atoms with van der Waals surface area (Å²) in [6.45, 7) is 7.14. The topological polar surface area (TPSA) is 76.2 Å². The number of ether oxygens (including phenoxy) is 2. The van der Waals surface area contributed by atoms with E-state index in [1.54, 1.807) is 24.1 Å². The summed E-state index contributed by atoms with van der Waals surface area (Å²) in [4.78, 5) is 14.4. The summed E-state index contributed by atoms with van der Waals surface area (Å²) in [5.41, 5.74) is 1.59. The molecular formula is C23H30N2O5S. The number of hydrogen-bond acceptors (Lipinski definition) is 5. The van der Waals surface area contributed by atoms with Crippen LogP contribution in [-0.4, -0.2) is 69.0 Å². The zero-order valence-electron chi connectivity index (χ0n) is 18.4. The minimum Gasteiger partial charge on any atom is -0.492 e. The summed E-state index contributed by atoms with van der Waals surface area (Å²) in [5, 5.41) is 0. The first kappa shape index (κ1) is 23.2. The molecular weight excluding hydrogens is 416 g/mol. The van der Waals surface area contributed by atoms with Gasteiger partial charge in [-0.3, -0.25) is 4.79 Å². The molecule has 2 aromatic carbocycles. The SMILES string of the molecule is Cc1ccc(OCCN(C)C(=O)c2ccc(S(=O)(=O)N3CC(C)OC(C)C3)cc2)cc1. The highest BCUT2D eigenvalue weighted by atomic mass is 32.2. The predicted octanol–water partition coefficient (Wildman–Crippen LogP) is 2.94. The van der Waals surface area contributed by atoms with Gasteiger partial charge in [0.05, 0.1) is 23.6 Å². The van der Waals surface area contributed by atoms with Crippen LogP contribution in [0.25, 0.3) is 0 Å². The number of hydrogen-bond donors (Lipinski definition) is 0. The Labute approximate surface area is 184 Å². The lowest BCUT2D eigenvalue weighted by molar-refractivity contribution is -0.0440. The molecule has 1 saturated heterocycles. The van der Waals surface area contributed by atoms with Crippen LogP contribution >= 0.6 is 0 Å². The fraction of sp³-hybridized carbons (Fsp3) is 0.435. The van der Waals surface area contributed by atoms with Crippen molar-refractivity contribution in [3.05, 3.63) is 59.7 Å². The minimum atomic E-state index is -3.63. The lowest BCUT2D eigenvalue weighted by Gasteiger charge is -2.34. The Morgan fingerprint density at radius 2 is 1.65 bits per heavy atom. The van der Waals surface area contributed by atoms with Crippen LogP contribution in [0, 0.1) is 6.92 Å². The van der Waals surface area contributed by atoms with E-state index in [1.807, 2.05) is 45.0 Å². The Bertz CT molecular complexity index is 980. The molecule has 3 rings (SSSR count). The van der Waals surface area contributed by atoms with Crippen LogP contribution in [0.3, 0.4) is 0 Å². The number of sulfonamides is 1. The average molecular weight is 447 g/mol. The van der Waals surface area contributed by atoms with Crippen LogP contribution < -0.4 is 4.74 Å². The number of carbonyl (C=O) groups is 1. The number of carbonyl (C=O) groups excluding carboxylic acids is 1. The van der Waals surface area contributed by atoms with E-state index < -0.39 is 10.0 Å².